The summed E-state index contributed by atoms with van der Waals surface area (Å²) in [4.78, 5) is 26.6. The van der Waals surface area contributed by atoms with Crippen LogP contribution >= 0.6 is 0 Å². The molecule has 0 bridgehead atoms. The summed E-state index contributed by atoms with van der Waals surface area (Å²) in [6, 6.07) is 0. The number of carboxylic acids is 2. The quantitative estimate of drug-likeness (QED) is 0.699. The van der Waals surface area contributed by atoms with Crippen LogP contribution < -0.4 is 0 Å². The van der Waals surface area contributed by atoms with Crippen molar-refractivity contribution in [1.29, 1.82) is 0 Å². The minimum absolute atomic E-state index is 0.330. The van der Waals surface area contributed by atoms with Crippen LogP contribution in [0.25, 0.3) is 0 Å². The lowest BCUT2D eigenvalue weighted by Gasteiger charge is -2.36. The third kappa shape index (κ3) is 3.91. The van der Waals surface area contributed by atoms with E-state index >= 15 is 0 Å². The van der Waals surface area contributed by atoms with Crippen molar-refractivity contribution >= 4 is 11.9 Å². The predicted octanol–water partition coefficient (Wildman–Crippen LogP) is -0.574. The van der Waals surface area contributed by atoms with Gasteiger partial charge in [-0.3, -0.25) is 14.5 Å². The van der Waals surface area contributed by atoms with Crippen LogP contribution in [0.2, 0.25) is 0 Å². The Morgan fingerprint density at radius 3 is 2.15 bits per heavy atom. The first kappa shape index (κ1) is 15.2. The molecule has 0 aromatic carbocycles. The molecule has 114 valence electrons. The molecule has 2 N–H and O–H groups in total. The molecule has 2 rings (SSSR count). The van der Waals surface area contributed by atoms with Crippen LogP contribution in [-0.4, -0.2) is 84.4 Å². The SMILES string of the molecule is O=C(O)C1CCN(CCN2CCOCC2)CC1C(=O)O. The number of piperidine rings is 1. The number of carboxylic acid groups (broad SMARTS) is 2. The first-order chi connectivity index (χ1) is 9.58. The van der Waals surface area contributed by atoms with E-state index in [9.17, 15) is 14.7 Å². The Morgan fingerprint density at radius 2 is 1.55 bits per heavy atom. The summed E-state index contributed by atoms with van der Waals surface area (Å²) in [5, 5.41) is 18.2. The van der Waals surface area contributed by atoms with Crippen LogP contribution in [-0.2, 0) is 14.3 Å². The summed E-state index contributed by atoms with van der Waals surface area (Å²) in [6.07, 6.45) is 0.412. The van der Waals surface area contributed by atoms with Gasteiger partial charge in [0.15, 0.2) is 0 Å². The van der Waals surface area contributed by atoms with Gasteiger partial charge in [0, 0.05) is 32.7 Å². The van der Waals surface area contributed by atoms with E-state index in [0.29, 0.717) is 19.5 Å². The van der Waals surface area contributed by atoms with Crippen molar-refractivity contribution in [3.8, 4) is 0 Å². The summed E-state index contributed by atoms with van der Waals surface area (Å²) in [6.45, 7) is 5.98. The first-order valence-corrected chi connectivity index (χ1v) is 7.06. The number of rotatable bonds is 5. The predicted molar refractivity (Wildman–Crippen MR) is 70.6 cm³/mol. The summed E-state index contributed by atoms with van der Waals surface area (Å²) < 4.78 is 5.28. The van der Waals surface area contributed by atoms with Gasteiger partial charge in [0.25, 0.3) is 0 Å². The molecule has 20 heavy (non-hydrogen) atoms. The normalized spacial score (nSPS) is 29.2. The van der Waals surface area contributed by atoms with Crippen molar-refractivity contribution < 1.29 is 24.5 Å². The number of ether oxygens (including phenoxy) is 1. The standard InChI is InChI=1S/C13H22N2O5/c16-12(17)10-1-2-15(9-11(10)13(18)19)4-3-14-5-7-20-8-6-14/h10-11H,1-9H2,(H,16,17)(H,18,19). The maximum atomic E-state index is 11.2. The molecule has 7 heteroatoms. The van der Waals surface area contributed by atoms with Gasteiger partial charge in [-0.1, -0.05) is 0 Å². The number of morpholine rings is 1. The maximum Gasteiger partial charge on any atom is 0.308 e. The number of carbonyl (C=O) groups is 2. The highest BCUT2D eigenvalue weighted by Gasteiger charge is 2.38. The van der Waals surface area contributed by atoms with E-state index in [4.69, 9.17) is 9.84 Å². The topological polar surface area (TPSA) is 90.3 Å². The van der Waals surface area contributed by atoms with E-state index in [1.54, 1.807) is 0 Å². The lowest BCUT2D eigenvalue weighted by Crippen LogP contribution is -2.49. The van der Waals surface area contributed by atoms with Crippen molar-refractivity contribution in [1.82, 2.24) is 9.80 Å². The van der Waals surface area contributed by atoms with Crippen LogP contribution in [0.3, 0.4) is 0 Å². The molecule has 2 atom stereocenters. The van der Waals surface area contributed by atoms with Crippen molar-refractivity contribution in [3.05, 3.63) is 0 Å². The van der Waals surface area contributed by atoms with Gasteiger partial charge in [-0.05, 0) is 13.0 Å². The molecule has 2 unspecified atom stereocenters. The van der Waals surface area contributed by atoms with E-state index in [1.807, 2.05) is 0 Å². The highest BCUT2D eigenvalue weighted by molar-refractivity contribution is 5.80. The molecule has 0 aromatic rings. The second kappa shape index (κ2) is 7.01. The van der Waals surface area contributed by atoms with Crippen LogP contribution in [0, 0.1) is 11.8 Å². The average Bonchev–Trinajstić information content (AvgIpc) is 2.45. The molecule has 0 radical (unpaired) electrons. The van der Waals surface area contributed by atoms with Gasteiger partial charge in [-0.25, -0.2) is 0 Å². The van der Waals surface area contributed by atoms with Gasteiger partial charge >= 0.3 is 11.9 Å². The molecule has 0 saturated carbocycles. The van der Waals surface area contributed by atoms with E-state index in [1.165, 1.54) is 0 Å². The highest BCUT2D eigenvalue weighted by atomic mass is 16.5. The molecule has 0 aromatic heterocycles. The number of hydrogen-bond acceptors (Lipinski definition) is 5. The molecule has 2 aliphatic rings. The zero-order valence-corrected chi connectivity index (χ0v) is 11.5. The molecular formula is C13H22N2O5. The smallest absolute Gasteiger partial charge is 0.308 e. The van der Waals surface area contributed by atoms with E-state index in [0.717, 1.165) is 39.4 Å². The maximum absolute atomic E-state index is 11.2. The van der Waals surface area contributed by atoms with Gasteiger partial charge in [0.1, 0.15) is 0 Å². The fraction of sp³-hybridized carbons (Fsp3) is 0.846. The van der Waals surface area contributed by atoms with Gasteiger partial charge in [0.2, 0.25) is 0 Å². The molecule has 2 aliphatic heterocycles. The Hall–Kier alpha value is -1.18. The largest absolute Gasteiger partial charge is 0.481 e. The molecule has 0 amide bonds. The number of likely N-dealkylation sites (tertiary alicyclic amines) is 1. The third-order valence-electron chi connectivity index (χ3n) is 4.17. The van der Waals surface area contributed by atoms with Gasteiger partial charge in [-0.15, -0.1) is 0 Å². The molecule has 2 heterocycles. The van der Waals surface area contributed by atoms with E-state index in [2.05, 4.69) is 9.80 Å². The summed E-state index contributed by atoms with van der Waals surface area (Å²) >= 11 is 0. The Balaban J connectivity index is 1.82. The molecule has 7 nitrogen and oxygen atoms in total. The highest BCUT2D eigenvalue weighted by Crippen LogP contribution is 2.24. The van der Waals surface area contributed by atoms with Crippen molar-refractivity contribution in [2.24, 2.45) is 11.8 Å². The Kier molecular flexibility index (Phi) is 5.33. The lowest BCUT2D eigenvalue weighted by atomic mass is 9.85. The number of aliphatic carboxylic acids is 2. The molecular weight excluding hydrogens is 264 g/mol. The zero-order chi connectivity index (χ0) is 14.5. The van der Waals surface area contributed by atoms with Crippen LogP contribution in [0.1, 0.15) is 6.42 Å². The second-order valence-electron chi connectivity index (χ2n) is 5.43. The lowest BCUT2D eigenvalue weighted by molar-refractivity contribution is -0.157. The Labute approximate surface area is 118 Å². The fourth-order valence-electron chi connectivity index (χ4n) is 2.88. The van der Waals surface area contributed by atoms with Crippen LogP contribution in [0.15, 0.2) is 0 Å². The van der Waals surface area contributed by atoms with Gasteiger partial charge < -0.3 is 19.8 Å². The minimum Gasteiger partial charge on any atom is -0.481 e. The average molecular weight is 286 g/mol. The van der Waals surface area contributed by atoms with Crippen LogP contribution in [0.5, 0.6) is 0 Å². The number of nitrogens with zero attached hydrogens (tertiary/aromatic N) is 2. The molecule has 0 aliphatic carbocycles. The summed E-state index contributed by atoms with van der Waals surface area (Å²) in [7, 11) is 0. The molecule has 0 spiro atoms. The fourth-order valence-corrected chi connectivity index (χ4v) is 2.88. The minimum atomic E-state index is -1.01. The van der Waals surface area contributed by atoms with Gasteiger partial charge in [-0.2, -0.15) is 0 Å². The Morgan fingerprint density at radius 1 is 0.950 bits per heavy atom. The van der Waals surface area contributed by atoms with E-state index in [-0.39, 0.29) is 0 Å². The number of hydrogen-bond donors (Lipinski definition) is 2. The molecule has 2 saturated heterocycles. The first-order valence-electron chi connectivity index (χ1n) is 7.06. The summed E-state index contributed by atoms with van der Waals surface area (Å²) in [5.74, 6) is -3.56. The van der Waals surface area contributed by atoms with Crippen molar-refractivity contribution in [2.45, 2.75) is 6.42 Å². The van der Waals surface area contributed by atoms with E-state index < -0.39 is 23.8 Å². The van der Waals surface area contributed by atoms with Crippen molar-refractivity contribution in [3.63, 3.8) is 0 Å². The van der Waals surface area contributed by atoms with Gasteiger partial charge in [0.05, 0.1) is 25.0 Å². The third-order valence-corrected chi connectivity index (χ3v) is 4.17. The second-order valence-corrected chi connectivity index (χ2v) is 5.43. The Bertz CT molecular complexity index is 357. The van der Waals surface area contributed by atoms with Crippen LogP contribution in [0.4, 0.5) is 0 Å². The summed E-state index contributed by atoms with van der Waals surface area (Å²) in [5.41, 5.74) is 0. The molecule has 2 fully saturated rings. The zero-order valence-electron chi connectivity index (χ0n) is 11.5. The van der Waals surface area contributed by atoms with Crippen molar-refractivity contribution in [2.75, 3.05) is 52.5 Å². The monoisotopic (exact) mass is 286 g/mol.